The molecule has 1 N–H and O–H groups in total. The van der Waals surface area contributed by atoms with E-state index in [0.29, 0.717) is 0 Å². The maximum Gasteiger partial charge on any atom is 0.140 e. The Morgan fingerprint density at radius 1 is 1.22 bits per heavy atom. The highest BCUT2D eigenvalue weighted by Gasteiger charge is 2.13. The van der Waals surface area contributed by atoms with Gasteiger partial charge in [0, 0.05) is 24.8 Å². The maximum absolute atomic E-state index is 4.77. The molecule has 0 aliphatic rings. The van der Waals surface area contributed by atoms with E-state index in [0.717, 1.165) is 18.1 Å². The Morgan fingerprint density at radius 3 is 2.61 bits per heavy atom. The molecule has 1 aromatic heterocycles. The minimum Gasteiger partial charge on any atom is -0.331 e. The van der Waals surface area contributed by atoms with Crippen LogP contribution in [-0.2, 0) is 13.6 Å². The van der Waals surface area contributed by atoms with Crippen LogP contribution in [0.5, 0.6) is 0 Å². The van der Waals surface area contributed by atoms with E-state index in [1.807, 2.05) is 7.05 Å². The largest absolute Gasteiger partial charge is 0.331 e. The number of benzene rings is 1. The molecular weight excluding hydrogens is 222 g/mol. The van der Waals surface area contributed by atoms with Crippen molar-refractivity contribution in [1.82, 2.24) is 14.9 Å². The number of nitrogens with one attached hydrogen (secondary N) is 1. The van der Waals surface area contributed by atoms with Crippen molar-refractivity contribution in [3.05, 3.63) is 40.7 Å². The maximum atomic E-state index is 4.77. The number of hydrogen-bond acceptors (Lipinski definition) is 2. The molecule has 96 valence electrons. The van der Waals surface area contributed by atoms with Gasteiger partial charge in [0.15, 0.2) is 0 Å². The van der Waals surface area contributed by atoms with Crippen molar-refractivity contribution in [2.75, 3.05) is 7.05 Å². The molecule has 0 saturated carbocycles. The predicted octanol–water partition coefficient (Wildman–Crippen LogP) is 2.73. The summed E-state index contributed by atoms with van der Waals surface area (Å²) < 4.78 is 2.18. The van der Waals surface area contributed by atoms with Crippen LogP contribution in [0.4, 0.5) is 0 Å². The van der Waals surface area contributed by atoms with E-state index < -0.39 is 0 Å². The van der Waals surface area contributed by atoms with Gasteiger partial charge in [0.05, 0.1) is 5.69 Å². The topological polar surface area (TPSA) is 29.9 Å². The van der Waals surface area contributed by atoms with Crippen molar-refractivity contribution < 1.29 is 0 Å². The average molecular weight is 243 g/mol. The first kappa shape index (κ1) is 12.8. The van der Waals surface area contributed by atoms with Crippen molar-refractivity contribution in [2.24, 2.45) is 7.05 Å². The highest BCUT2D eigenvalue weighted by Crippen LogP contribution is 2.25. The molecule has 1 aromatic carbocycles. The Labute approximate surface area is 109 Å². The summed E-state index contributed by atoms with van der Waals surface area (Å²) in [5.74, 6) is 1.05. The summed E-state index contributed by atoms with van der Waals surface area (Å²) in [5.41, 5.74) is 6.11. The molecule has 2 aromatic rings. The van der Waals surface area contributed by atoms with Gasteiger partial charge in [-0.25, -0.2) is 4.98 Å². The summed E-state index contributed by atoms with van der Waals surface area (Å²) in [6, 6.07) is 6.51. The summed E-state index contributed by atoms with van der Waals surface area (Å²) in [5, 5.41) is 3.17. The van der Waals surface area contributed by atoms with Crippen molar-refractivity contribution >= 4 is 0 Å². The van der Waals surface area contributed by atoms with Crippen molar-refractivity contribution in [3.63, 3.8) is 0 Å². The van der Waals surface area contributed by atoms with E-state index in [1.54, 1.807) is 0 Å². The van der Waals surface area contributed by atoms with Crippen LogP contribution >= 0.6 is 0 Å². The number of nitrogens with zero attached hydrogens (tertiary/aromatic N) is 2. The summed E-state index contributed by atoms with van der Waals surface area (Å²) in [6.45, 7) is 7.18. The molecule has 0 fully saturated rings. The SMILES string of the molecule is CNCc1nc(-c2cc(C)ccc2C)n(C)c1C. The lowest BCUT2D eigenvalue weighted by atomic mass is 10.1. The lowest BCUT2D eigenvalue weighted by molar-refractivity contribution is 0.783. The summed E-state index contributed by atoms with van der Waals surface area (Å²) >= 11 is 0. The molecule has 0 saturated heterocycles. The molecule has 0 bridgehead atoms. The Hall–Kier alpha value is -1.61. The minimum atomic E-state index is 0.810. The molecule has 0 spiro atoms. The molecule has 3 heteroatoms. The van der Waals surface area contributed by atoms with Gasteiger partial charge in [0.25, 0.3) is 0 Å². The molecule has 0 aliphatic heterocycles. The lowest BCUT2D eigenvalue weighted by Crippen LogP contribution is -2.07. The van der Waals surface area contributed by atoms with E-state index in [2.05, 4.69) is 55.9 Å². The third-order valence-corrected chi connectivity index (χ3v) is 3.46. The number of imidazole rings is 1. The smallest absolute Gasteiger partial charge is 0.140 e. The molecule has 1 heterocycles. The number of rotatable bonds is 3. The molecule has 0 amide bonds. The first-order valence-corrected chi connectivity index (χ1v) is 6.29. The van der Waals surface area contributed by atoms with Gasteiger partial charge in [0.2, 0.25) is 0 Å². The van der Waals surface area contributed by atoms with E-state index in [-0.39, 0.29) is 0 Å². The van der Waals surface area contributed by atoms with Crippen LogP contribution < -0.4 is 5.32 Å². The van der Waals surface area contributed by atoms with Crippen molar-refractivity contribution in [3.8, 4) is 11.4 Å². The number of aryl methyl sites for hydroxylation is 2. The first-order chi connectivity index (χ1) is 8.54. The van der Waals surface area contributed by atoms with Gasteiger partial charge in [-0.3, -0.25) is 0 Å². The zero-order valence-electron chi connectivity index (χ0n) is 11.8. The Kier molecular flexibility index (Phi) is 3.53. The fraction of sp³-hybridized carbons (Fsp3) is 0.400. The van der Waals surface area contributed by atoms with Crippen molar-refractivity contribution in [2.45, 2.75) is 27.3 Å². The first-order valence-electron chi connectivity index (χ1n) is 6.29. The zero-order valence-corrected chi connectivity index (χ0v) is 11.8. The van der Waals surface area contributed by atoms with Crippen LogP contribution in [0.25, 0.3) is 11.4 Å². The van der Waals surface area contributed by atoms with Crippen LogP contribution in [-0.4, -0.2) is 16.6 Å². The molecule has 0 aliphatic carbocycles. The normalized spacial score (nSPS) is 10.9. The third kappa shape index (κ3) is 2.18. The summed E-state index contributed by atoms with van der Waals surface area (Å²) in [6.07, 6.45) is 0. The van der Waals surface area contributed by atoms with Crippen LogP contribution in [0, 0.1) is 20.8 Å². The summed E-state index contributed by atoms with van der Waals surface area (Å²) in [7, 11) is 4.03. The second kappa shape index (κ2) is 4.94. The van der Waals surface area contributed by atoms with E-state index in [1.165, 1.54) is 22.4 Å². The monoisotopic (exact) mass is 243 g/mol. The Balaban J connectivity index is 2.57. The average Bonchev–Trinajstić information content (AvgIpc) is 2.61. The van der Waals surface area contributed by atoms with Crippen molar-refractivity contribution in [1.29, 1.82) is 0 Å². The highest BCUT2D eigenvalue weighted by molar-refractivity contribution is 5.62. The minimum absolute atomic E-state index is 0.810. The van der Waals surface area contributed by atoms with Gasteiger partial charge in [-0.2, -0.15) is 0 Å². The second-order valence-corrected chi connectivity index (χ2v) is 4.88. The van der Waals surface area contributed by atoms with Crippen LogP contribution in [0.1, 0.15) is 22.5 Å². The number of aromatic nitrogens is 2. The molecular formula is C15H21N3. The summed E-state index contributed by atoms with van der Waals surface area (Å²) in [4.78, 5) is 4.77. The van der Waals surface area contributed by atoms with E-state index >= 15 is 0 Å². The molecule has 18 heavy (non-hydrogen) atoms. The van der Waals surface area contributed by atoms with Gasteiger partial charge in [0.1, 0.15) is 5.82 Å². The molecule has 2 rings (SSSR count). The van der Waals surface area contributed by atoms with E-state index in [9.17, 15) is 0 Å². The predicted molar refractivity (Wildman–Crippen MR) is 75.6 cm³/mol. The van der Waals surface area contributed by atoms with Crippen LogP contribution in [0.15, 0.2) is 18.2 Å². The second-order valence-electron chi connectivity index (χ2n) is 4.88. The lowest BCUT2D eigenvalue weighted by Gasteiger charge is -2.07. The molecule has 0 radical (unpaired) electrons. The van der Waals surface area contributed by atoms with Gasteiger partial charge in [-0.15, -0.1) is 0 Å². The Morgan fingerprint density at radius 2 is 1.94 bits per heavy atom. The number of hydrogen-bond donors (Lipinski definition) is 1. The standard InChI is InChI=1S/C15H21N3/c1-10-6-7-11(2)13(8-10)15-17-14(9-16-4)12(3)18(15)5/h6-8,16H,9H2,1-5H3. The van der Waals surface area contributed by atoms with E-state index in [4.69, 9.17) is 4.98 Å². The van der Waals surface area contributed by atoms with Gasteiger partial charge in [-0.1, -0.05) is 17.7 Å². The quantitative estimate of drug-likeness (QED) is 0.898. The van der Waals surface area contributed by atoms with Gasteiger partial charge < -0.3 is 9.88 Å². The zero-order chi connectivity index (χ0) is 13.3. The fourth-order valence-electron chi connectivity index (χ4n) is 2.19. The highest BCUT2D eigenvalue weighted by atomic mass is 15.1. The molecule has 0 atom stereocenters. The third-order valence-electron chi connectivity index (χ3n) is 3.46. The van der Waals surface area contributed by atoms with Crippen LogP contribution in [0.3, 0.4) is 0 Å². The fourth-order valence-corrected chi connectivity index (χ4v) is 2.19. The molecule has 0 unspecified atom stereocenters. The molecule has 3 nitrogen and oxygen atoms in total. The van der Waals surface area contributed by atoms with Gasteiger partial charge >= 0.3 is 0 Å². The van der Waals surface area contributed by atoms with Gasteiger partial charge in [-0.05, 0) is 39.4 Å². The Bertz CT molecular complexity index is 567. The van der Waals surface area contributed by atoms with Crippen LogP contribution in [0.2, 0.25) is 0 Å².